The topological polar surface area (TPSA) is 124 Å². The number of hydrogen-bond donors (Lipinski definition) is 3. The zero-order valence-electron chi connectivity index (χ0n) is 15.3. The van der Waals surface area contributed by atoms with Gasteiger partial charge in [-0.25, -0.2) is 9.78 Å². The number of hydrogen-bond acceptors (Lipinski definition) is 5. The van der Waals surface area contributed by atoms with Crippen molar-refractivity contribution >= 4 is 17.7 Å². The molecule has 0 saturated heterocycles. The molecule has 144 valence electrons. The van der Waals surface area contributed by atoms with E-state index in [9.17, 15) is 9.59 Å². The number of nitrogens with zero attached hydrogens (tertiary/aromatic N) is 2. The van der Waals surface area contributed by atoms with Crippen LogP contribution in [0.25, 0.3) is 0 Å². The van der Waals surface area contributed by atoms with Gasteiger partial charge in [0, 0.05) is 6.07 Å². The highest BCUT2D eigenvalue weighted by Crippen LogP contribution is 2.45. The highest BCUT2D eigenvalue weighted by atomic mass is 16.5. The molecule has 28 heavy (non-hydrogen) atoms. The zero-order valence-corrected chi connectivity index (χ0v) is 15.3. The second kappa shape index (κ2) is 8.39. The minimum atomic E-state index is -1.25. The van der Waals surface area contributed by atoms with Gasteiger partial charge in [-0.15, -0.1) is 0 Å². The molecule has 0 bridgehead atoms. The summed E-state index contributed by atoms with van der Waals surface area (Å²) in [7, 11) is 0. The van der Waals surface area contributed by atoms with E-state index in [-0.39, 0.29) is 0 Å². The van der Waals surface area contributed by atoms with Crippen LogP contribution in [-0.2, 0) is 4.79 Å². The van der Waals surface area contributed by atoms with E-state index in [1.54, 1.807) is 31.2 Å². The maximum absolute atomic E-state index is 12.1. The predicted octanol–water partition coefficient (Wildman–Crippen LogP) is 3.61. The molecule has 0 unspecified atom stereocenters. The minimum Gasteiger partial charge on any atom is -0.465 e. The maximum Gasteiger partial charge on any atom is 0.405 e. The fraction of sp³-hybridized carbons (Fsp3) is 0.300. The van der Waals surface area contributed by atoms with E-state index < -0.39 is 18.0 Å². The molecule has 1 saturated carbocycles. The van der Waals surface area contributed by atoms with Gasteiger partial charge in [0.1, 0.15) is 11.8 Å². The maximum atomic E-state index is 12.1. The highest BCUT2D eigenvalue weighted by molar-refractivity contribution is 5.96. The Morgan fingerprint density at radius 3 is 2.71 bits per heavy atom. The van der Waals surface area contributed by atoms with Gasteiger partial charge in [-0.1, -0.05) is 6.92 Å². The summed E-state index contributed by atoms with van der Waals surface area (Å²) in [6.07, 6.45) is 2.67. The number of nitriles is 1. The molecule has 8 heteroatoms. The number of aromatic nitrogens is 1. The molecule has 3 rings (SSSR count). The first-order valence-electron chi connectivity index (χ1n) is 8.98. The van der Waals surface area contributed by atoms with E-state index >= 15 is 0 Å². The Bertz CT molecular complexity index is 917. The molecule has 8 nitrogen and oxygen atoms in total. The van der Waals surface area contributed by atoms with Gasteiger partial charge in [-0.05, 0) is 55.0 Å². The lowest BCUT2D eigenvalue weighted by Crippen LogP contribution is -2.42. The van der Waals surface area contributed by atoms with E-state index in [2.05, 4.69) is 21.7 Å². The summed E-state index contributed by atoms with van der Waals surface area (Å²) >= 11 is 0. The fourth-order valence-electron chi connectivity index (χ4n) is 2.78. The van der Waals surface area contributed by atoms with E-state index in [4.69, 9.17) is 15.1 Å². The van der Waals surface area contributed by atoms with Crippen LogP contribution >= 0.6 is 0 Å². The van der Waals surface area contributed by atoms with Crippen LogP contribution in [0.5, 0.6) is 11.6 Å². The van der Waals surface area contributed by atoms with Crippen molar-refractivity contribution in [2.75, 3.05) is 5.32 Å². The number of anilines is 1. The van der Waals surface area contributed by atoms with Crippen molar-refractivity contribution in [3.63, 3.8) is 0 Å². The van der Waals surface area contributed by atoms with Crippen LogP contribution in [0.15, 0.2) is 36.5 Å². The van der Waals surface area contributed by atoms with Crippen molar-refractivity contribution < 1.29 is 19.4 Å². The molecular weight excluding hydrogens is 360 g/mol. The third-order valence-corrected chi connectivity index (χ3v) is 4.40. The summed E-state index contributed by atoms with van der Waals surface area (Å²) in [4.78, 5) is 27.0. The summed E-state index contributed by atoms with van der Waals surface area (Å²) in [6, 6.07) is 9.88. The third kappa shape index (κ3) is 4.76. The second-order valence-electron chi connectivity index (χ2n) is 6.53. The van der Waals surface area contributed by atoms with E-state index in [0.29, 0.717) is 35.2 Å². The van der Waals surface area contributed by atoms with Crippen molar-refractivity contribution in [2.24, 2.45) is 0 Å². The molecule has 0 aliphatic heterocycles. The molecular formula is C20H20N4O4. The third-order valence-electron chi connectivity index (χ3n) is 4.40. The van der Waals surface area contributed by atoms with E-state index in [1.807, 2.05) is 6.07 Å². The molecule has 1 aliphatic rings. The number of nitrogens with one attached hydrogen (secondary N) is 2. The molecule has 1 aliphatic carbocycles. The molecule has 0 radical (unpaired) electrons. The van der Waals surface area contributed by atoms with Crippen LogP contribution in [0.3, 0.4) is 0 Å². The van der Waals surface area contributed by atoms with Gasteiger partial charge < -0.3 is 20.5 Å². The number of carbonyl (C=O) groups is 2. The number of rotatable bonds is 7. The van der Waals surface area contributed by atoms with Crippen molar-refractivity contribution in [3.8, 4) is 17.7 Å². The summed E-state index contributed by atoms with van der Waals surface area (Å²) in [6.45, 7) is 1.71. The lowest BCUT2D eigenvalue weighted by atomic mass is 10.1. The molecule has 1 heterocycles. The van der Waals surface area contributed by atoms with Gasteiger partial charge in [0.2, 0.25) is 11.8 Å². The van der Waals surface area contributed by atoms with Crippen LogP contribution in [0, 0.1) is 11.3 Å². The molecule has 1 atom stereocenters. The molecule has 1 aromatic heterocycles. The highest BCUT2D eigenvalue weighted by Gasteiger charge is 2.27. The number of carboxylic acid groups (broad SMARTS) is 1. The lowest BCUT2D eigenvalue weighted by molar-refractivity contribution is -0.118. The number of carbonyl (C=O) groups excluding carboxylic acids is 1. The second-order valence-corrected chi connectivity index (χ2v) is 6.53. The Labute approximate surface area is 162 Å². The Kier molecular flexibility index (Phi) is 5.75. The Balaban J connectivity index is 1.67. The van der Waals surface area contributed by atoms with Gasteiger partial charge in [0.15, 0.2) is 0 Å². The van der Waals surface area contributed by atoms with Crippen molar-refractivity contribution in [1.29, 1.82) is 5.26 Å². The van der Waals surface area contributed by atoms with Crippen LogP contribution in [-0.4, -0.2) is 28.1 Å². The number of pyridine rings is 1. The van der Waals surface area contributed by atoms with Gasteiger partial charge in [-0.3, -0.25) is 4.79 Å². The van der Waals surface area contributed by atoms with Crippen LogP contribution in [0.1, 0.15) is 43.2 Å². The summed E-state index contributed by atoms with van der Waals surface area (Å²) in [5, 5.41) is 22.6. The van der Waals surface area contributed by atoms with E-state index in [1.165, 1.54) is 6.20 Å². The lowest BCUT2D eigenvalue weighted by Gasteiger charge is -2.15. The Hall–Kier alpha value is -3.60. The van der Waals surface area contributed by atoms with Crippen molar-refractivity contribution in [3.05, 3.63) is 47.7 Å². The van der Waals surface area contributed by atoms with Crippen LogP contribution < -0.4 is 15.4 Å². The first-order chi connectivity index (χ1) is 13.5. The van der Waals surface area contributed by atoms with Crippen molar-refractivity contribution in [1.82, 2.24) is 10.3 Å². The van der Waals surface area contributed by atoms with Crippen LogP contribution in [0.2, 0.25) is 0 Å². The first kappa shape index (κ1) is 19.2. The molecule has 0 spiro atoms. The first-order valence-corrected chi connectivity index (χ1v) is 8.98. The monoisotopic (exact) mass is 380 g/mol. The number of ether oxygens (including phenoxy) is 1. The molecule has 1 aromatic carbocycles. The summed E-state index contributed by atoms with van der Waals surface area (Å²) in [5.41, 5.74) is 2.04. The van der Waals surface area contributed by atoms with E-state index in [0.717, 1.165) is 18.4 Å². The minimum absolute atomic E-state index is 0.329. The standard InChI is InChI=1S/C20H20N4O4/c1-2-16(24-20(26)27)19(25)23-14-6-8-18(22-11-14)28-17-7-3-12(10-21)9-15(17)13-4-5-13/h3,6-9,11,13,16,24H,2,4-5H2,1H3,(H,23,25)(H,26,27)/t16-/m1/s1. The predicted molar refractivity (Wildman–Crippen MR) is 101 cm³/mol. The SMILES string of the molecule is CC[C@@H](NC(=O)O)C(=O)Nc1ccc(Oc2ccc(C#N)cc2C2CC2)nc1. The summed E-state index contributed by atoms with van der Waals surface area (Å²) in [5.74, 6) is 0.987. The van der Waals surface area contributed by atoms with Crippen LogP contribution in [0.4, 0.5) is 10.5 Å². The summed E-state index contributed by atoms with van der Waals surface area (Å²) < 4.78 is 5.87. The molecule has 2 amide bonds. The van der Waals surface area contributed by atoms with Gasteiger partial charge >= 0.3 is 6.09 Å². The Morgan fingerprint density at radius 1 is 1.36 bits per heavy atom. The zero-order chi connectivity index (χ0) is 20.1. The van der Waals surface area contributed by atoms with Gasteiger partial charge in [0.05, 0.1) is 23.5 Å². The number of amides is 2. The largest absolute Gasteiger partial charge is 0.465 e. The quantitative estimate of drug-likeness (QED) is 0.674. The average Bonchev–Trinajstić information content (AvgIpc) is 3.53. The Morgan fingerprint density at radius 2 is 2.14 bits per heavy atom. The van der Waals surface area contributed by atoms with Crippen molar-refractivity contribution in [2.45, 2.75) is 38.1 Å². The molecule has 1 fully saturated rings. The average molecular weight is 380 g/mol. The van der Waals surface area contributed by atoms with Gasteiger partial charge in [-0.2, -0.15) is 5.26 Å². The fourth-order valence-corrected chi connectivity index (χ4v) is 2.78. The number of benzene rings is 1. The van der Waals surface area contributed by atoms with Gasteiger partial charge in [0.25, 0.3) is 0 Å². The smallest absolute Gasteiger partial charge is 0.405 e. The molecule has 2 aromatic rings. The normalized spacial score (nSPS) is 13.9. The molecule has 3 N–H and O–H groups in total.